The Kier molecular flexibility index (Phi) is 10.0. The van der Waals surface area contributed by atoms with Gasteiger partial charge in [-0.25, -0.2) is 19.9 Å². The summed E-state index contributed by atoms with van der Waals surface area (Å²) >= 11 is 0. The topological polar surface area (TPSA) is 61.4 Å². The maximum absolute atomic E-state index is 5.32. The van der Waals surface area contributed by atoms with E-state index in [4.69, 9.17) is 19.9 Å². The normalized spacial score (nSPS) is 13.7. The summed E-state index contributed by atoms with van der Waals surface area (Å²) in [5.41, 5.74) is 16.9. The second kappa shape index (κ2) is 17.3. The number of fused-ring (bicyclic) bond motifs is 8. The second-order valence-electron chi connectivity index (χ2n) is 18.8. The zero-order valence-electron chi connectivity index (χ0n) is 39.5. The molecule has 0 spiro atoms. The van der Waals surface area contributed by atoms with Crippen molar-refractivity contribution in [2.24, 2.45) is 0 Å². The van der Waals surface area contributed by atoms with E-state index in [0.29, 0.717) is 11.6 Å². The molecule has 12 aromatic rings. The Hall–Kier alpha value is -9.26. The molecule has 0 atom stereocenters. The van der Waals surface area contributed by atoms with Crippen LogP contribution in [0.2, 0.25) is 0 Å². The van der Waals surface area contributed by atoms with Crippen molar-refractivity contribution in [3.05, 3.63) is 242 Å². The zero-order valence-corrected chi connectivity index (χ0v) is 39.5. The first-order valence-corrected chi connectivity index (χ1v) is 24.9. The molecule has 0 bridgehead atoms. The van der Waals surface area contributed by atoms with Gasteiger partial charge in [-0.05, 0) is 120 Å². The Balaban J connectivity index is 1.04. The van der Waals surface area contributed by atoms with Gasteiger partial charge in [0.25, 0.3) is 0 Å². The van der Waals surface area contributed by atoms with Crippen LogP contribution in [0.5, 0.6) is 0 Å². The van der Waals surface area contributed by atoms with Gasteiger partial charge in [0.05, 0.1) is 44.8 Å². The number of nitrogens with zero attached hydrogens (tertiary/aromatic N) is 6. The minimum Gasteiger partial charge on any atom is -0.307 e. The van der Waals surface area contributed by atoms with Crippen LogP contribution < -0.4 is 0 Å². The Morgan fingerprint density at radius 3 is 1.32 bits per heavy atom. The molecule has 4 aromatic heterocycles. The van der Waals surface area contributed by atoms with Gasteiger partial charge < -0.3 is 9.13 Å². The fourth-order valence-electron chi connectivity index (χ4n) is 10.9. The molecule has 8 aromatic carbocycles. The third kappa shape index (κ3) is 7.18. The summed E-state index contributed by atoms with van der Waals surface area (Å²) in [6.45, 7) is 0. The molecule has 340 valence electrons. The lowest BCUT2D eigenvalue weighted by Gasteiger charge is -2.14. The number of hydrogen-bond acceptors (Lipinski definition) is 4. The fourth-order valence-corrected chi connectivity index (χ4v) is 10.9. The molecule has 4 heterocycles. The zero-order chi connectivity index (χ0) is 47.5. The Bertz CT molecular complexity index is 4250. The van der Waals surface area contributed by atoms with E-state index in [-0.39, 0.29) is 0 Å². The van der Waals surface area contributed by atoms with Crippen LogP contribution in [0.4, 0.5) is 0 Å². The lowest BCUT2D eigenvalue weighted by Crippen LogP contribution is -2.00. The van der Waals surface area contributed by atoms with Gasteiger partial charge in [-0.1, -0.05) is 158 Å². The van der Waals surface area contributed by atoms with Crippen LogP contribution in [0.15, 0.2) is 231 Å². The first kappa shape index (κ1) is 41.7. The van der Waals surface area contributed by atoms with Gasteiger partial charge in [0, 0.05) is 55.2 Å². The van der Waals surface area contributed by atoms with Crippen LogP contribution in [0, 0.1) is 0 Å². The molecular formula is C66H46N6. The summed E-state index contributed by atoms with van der Waals surface area (Å²) in [5, 5.41) is 6.93. The van der Waals surface area contributed by atoms with Crippen molar-refractivity contribution in [1.82, 2.24) is 29.1 Å². The highest BCUT2D eigenvalue weighted by atomic mass is 15.0. The first-order chi connectivity index (χ1) is 35.7. The number of para-hydroxylation sites is 1. The molecular weight excluding hydrogens is 877 g/mol. The van der Waals surface area contributed by atoms with Crippen molar-refractivity contribution in [2.45, 2.75) is 25.7 Å². The highest BCUT2D eigenvalue weighted by Crippen LogP contribution is 2.44. The summed E-state index contributed by atoms with van der Waals surface area (Å²) < 4.78 is 4.92. The lowest BCUT2D eigenvalue weighted by atomic mass is 9.99. The molecule has 0 aliphatic heterocycles. The summed E-state index contributed by atoms with van der Waals surface area (Å²) in [7, 11) is 0. The molecule has 0 saturated heterocycles. The molecule has 2 aliphatic carbocycles. The van der Waals surface area contributed by atoms with Gasteiger partial charge in [0.15, 0.2) is 11.6 Å². The molecule has 6 heteroatoms. The van der Waals surface area contributed by atoms with E-state index in [9.17, 15) is 0 Å². The highest BCUT2D eigenvalue weighted by molar-refractivity contribution is 6.24. The molecule has 0 radical (unpaired) electrons. The van der Waals surface area contributed by atoms with Crippen molar-refractivity contribution in [1.29, 1.82) is 0 Å². The van der Waals surface area contributed by atoms with Crippen molar-refractivity contribution < 1.29 is 0 Å². The third-order valence-corrected chi connectivity index (χ3v) is 14.5. The monoisotopic (exact) mass is 922 g/mol. The summed E-state index contributed by atoms with van der Waals surface area (Å²) in [4.78, 5) is 21.2. The molecule has 72 heavy (non-hydrogen) atoms. The van der Waals surface area contributed by atoms with Crippen LogP contribution in [-0.4, -0.2) is 29.1 Å². The van der Waals surface area contributed by atoms with Crippen LogP contribution in [0.3, 0.4) is 0 Å². The predicted molar refractivity (Wildman–Crippen MR) is 298 cm³/mol. The van der Waals surface area contributed by atoms with E-state index >= 15 is 0 Å². The van der Waals surface area contributed by atoms with E-state index < -0.39 is 0 Å². The van der Waals surface area contributed by atoms with Crippen molar-refractivity contribution in [3.63, 3.8) is 0 Å². The predicted octanol–water partition coefficient (Wildman–Crippen LogP) is 16.7. The number of rotatable bonds is 8. The van der Waals surface area contributed by atoms with E-state index in [1.807, 2.05) is 0 Å². The quantitative estimate of drug-likeness (QED) is 0.152. The van der Waals surface area contributed by atoms with Gasteiger partial charge in [0.2, 0.25) is 0 Å². The standard InChI is InChI=1S/C66H46N6/c1-6-19-44(20-7-1)57-41-58(45-21-8-2-9-22-45)68-65(67-57)49-31-36-61-55(39-49)53-34-35-54-56-40-50(66-69-59(46-23-10-3-11-24-46)42-60(70-66)47-25-12-4-13-26-47)32-37-62(56)72(52-33-30-43-18-16-17-27-48(43)38-52)64(54)63(53)71(61)51-28-14-5-15-29-51/h1-8,10-12,14-21,23-25,27-42H,9,13,22,26H2. The van der Waals surface area contributed by atoms with Crippen molar-refractivity contribution in [3.8, 4) is 56.7 Å². The minimum absolute atomic E-state index is 0.709. The highest BCUT2D eigenvalue weighted by Gasteiger charge is 2.24. The Morgan fingerprint density at radius 1 is 0.333 bits per heavy atom. The Labute approximate surface area is 417 Å². The molecule has 0 saturated carbocycles. The van der Waals surface area contributed by atoms with E-state index in [1.54, 1.807) is 0 Å². The number of allylic oxidation sites excluding steroid dienone is 8. The van der Waals surface area contributed by atoms with Gasteiger partial charge in [-0.15, -0.1) is 0 Å². The second-order valence-corrected chi connectivity index (χ2v) is 18.8. The lowest BCUT2D eigenvalue weighted by molar-refractivity contribution is 1.03. The van der Waals surface area contributed by atoms with Crippen molar-refractivity contribution in [2.75, 3.05) is 0 Å². The molecule has 0 unspecified atom stereocenters. The molecule has 14 rings (SSSR count). The fraction of sp³-hybridized carbons (Fsp3) is 0.0606. The van der Waals surface area contributed by atoms with Crippen LogP contribution in [0.1, 0.15) is 37.1 Å². The maximum atomic E-state index is 5.32. The van der Waals surface area contributed by atoms with E-state index in [2.05, 4.69) is 240 Å². The van der Waals surface area contributed by atoms with Crippen LogP contribution in [-0.2, 0) is 0 Å². The van der Waals surface area contributed by atoms with Gasteiger partial charge >= 0.3 is 0 Å². The largest absolute Gasteiger partial charge is 0.307 e. The Morgan fingerprint density at radius 2 is 0.806 bits per heavy atom. The van der Waals surface area contributed by atoms with Gasteiger partial charge in [-0.2, -0.15) is 0 Å². The average molecular weight is 923 g/mol. The molecule has 2 aliphatic rings. The minimum atomic E-state index is 0.709. The van der Waals surface area contributed by atoms with Crippen LogP contribution >= 0.6 is 0 Å². The van der Waals surface area contributed by atoms with Crippen LogP contribution in [0.25, 0.3) is 122 Å². The summed E-state index contributed by atoms with van der Waals surface area (Å²) in [5.74, 6) is 1.42. The average Bonchev–Trinajstić information content (AvgIpc) is 3.98. The number of aromatic nitrogens is 6. The molecule has 0 N–H and O–H groups in total. The van der Waals surface area contributed by atoms with E-state index in [0.717, 1.165) is 126 Å². The van der Waals surface area contributed by atoms with Crippen molar-refractivity contribution >= 4 is 65.5 Å². The van der Waals surface area contributed by atoms with Gasteiger partial charge in [0.1, 0.15) is 0 Å². The molecule has 6 nitrogen and oxygen atoms in total. The third-order valence-electron chi connectivity index (χ3n) is 14.5. The first-order valence-electron chi connectivity index (χ1n) is 24.9. The number of benzene rings is 8. The SMILES string of the molecule is C1=CCCC(c2cc(-c3ccccc3)nc(-c3ccc4c(c3)c3ccc5c6cc(-c7nc(C8=CC=CCC8)cc(-c8ccccc8)n7)ccc6n(-c6ccc7ccccc7c6)c5c3n4-c3ccccc3)n2)=C1. The number of hydrogen-bond donors (Lipinski definition) is 0. The summed E-state index contributed by atoms with van der Waals surface area (Å²) in [6, 6.07) is 69.6. The summed E-state index contributed by atoms with van der Waals surface area (Å²) in [6.07, 6.45) is 17.0. The molecule has 0 amide bonds. The molecule has 0 fully saturated rings. The van der Waals surface area contributed by atoms with Gasteiger partial charge in [-0.3, -0.25) is 0 Å². The maximum Gasteiger partial charge on any atom is 0.160 e. The van der Waals surface area contributed by atoms with E-state index in [1.165, 1.54) is 21.9 Å². The smallest absolute Gasteiger partial charge is 0.160 e.